The van der Waals surface area contributed by atoms with E-state index >= 15 is 0 Å². The Morgan fingerprint density at radius 1 is 0.625 bits per heavy atom. The van der Waals surface area contributed by atoms with E-state index in [0.717, 1.165) is 22.4 Å². The van der Waals surface area contributed by atoms with Crippen molar-refractivity contribution in [2.45, 2.75) is 0 Å². The highest BCUT2D eigenvalue weighted by molar-refractivity contribution is 6.18. The molecule has 0 aromatic heterocycles. The Hall–Kier alpha value is -3.33. The summed E-state index contributed by atoms with van der Waals surface area (Å²) in [6, 6.07) is 24.8. The third-order valence-electron chi connectivity index (χ3n) is 4.04. The monoisotopic (exact) mass is 310 g/mol. The minimum absolute atomic E-state index is 0.0540. The molecule has 0 saturated carbocycles. The molecule has 3 aromatic carbocycles. The number of azo groups is 1. The quantitative estimate of drug-likeness (QED) is 0.457. The molecular weight excluding hydrogens is 296 g/mol. The van der Waals surface area contributed by atoms with E-state index in [-0.39, 0.29) is 5.78 Å². The predicted molar refractivity (Wildman–Crippen MR) is 94.4 cm³/mol. The second-order valence-electron chi connectivity index (χ2n) is 5.51. The number of nitrogens with zero attached hydrogens (tertiary/aromatic N) is 2. The Bertz CT molecular complexity index is 920. The van der Waals surface area contributed by atoms with Gasteiger partial charge in [0.2, 0.25) is 0 Å². The molecular formula is C21H14N2O. The van der Waals surface area contributed by atoms with Crippen LogP contribution in [0.5, 0.6) is 0 Å². The highest BCUT2D eigenvalue weighted by atomic mass is 16.1. The number of hydrogen-bond donors (Lipinski definition) is 0. The van der Waals surface area contributed by atoms with Crippen molar-refractivity contribution in [3.8, 4) is 0 Å². The van der Waals surface area contributed by atoms with Crippen molar-refractivity contribution in [1.29, 1.82) is 0 Å². The summed E-state index contributed by atoms with van der Waals surface area (Å²) < 4.78 is 0. The van der Waals surface area contributed by atoms with E-state index in [1.807, 2.05) is 78.9 Å². The maximum atomic E-state index is 12.7. The SMILES string of the molecule is O=C1c2ccccc2C(=CN=Nc2ccccc2)c2ccccc21. The van der Waals surface area contributed by atoms with Gasteiger partial charge in [0.15, 0.2) is 5.78 Å². The fourth-order valence-corrected chi connectivity index (χ4v) is 2.91. The minimum Gasteiger partial charge on any atom is -0.289 e. The van der Waals surface area contributed by atoms with Crippen LogP contribution in [0.15, 0.2) is 95.3 Å². The minimum atomic E-state index is 0.0540. The van der Waals surface area contributed by atoms with E-state index in [0.29, 0.717) is 11.1 Å². The first-order valence-corrected chi connectivity index (χ1v) is 7.74. The van der Waals surface area contributed by atoms with Gasteiger partial charge in [-0.05, 0) is 23.3 Å². The van der Waals surface area contributed by atoms with Crippen LogP contribution in [0.25, 0.3) is 5.57 Å². The van der Waals surface area contributed by atoms with E-state index in [4.69, 9.17) is 0 Å². The summed E-state index contributed by atoms with van der Waals surface area (Å²) in [6.45, 7) is 0. The van der Waals surface area contributed by atoms with Gasteiger partial charge in [0.05, 0.1) is 11.9 Å². The van der Waals surface area contributed by atoms with Crippen LogP contribution in [0.2, 0.25) is 0 Å². The summed E-state index contributed by atoms with van der Waals surface area (Å²) in [5.74, 6) is 0.0540. The van der Waals surface area contributed by atoms with Gasteiger partial charge in [-0.3, -0.25) is 4.79 Å². The van der Waals surface area contributed by atoms with Crippen LogP contribution in [0, 0.1) is 0 Å². The second-order valence-corrected chi connectivity index (χ2v) is 5.51. The average Bonchev–Trinajstić information content (AvgIpc) is 2.65. The first-order valence-electron chi connectivity index (χ1n) is 7.74. The maximum absolute atomic E-state index is 12.7. The molecule has 0 unspecified atom stereocenters. The highest BCUT2D eigenvalue weighted by Crippen LogP contribution is 2.35. The molecule has 0 amide bonds. The van der Waals surface area contributed by atoms with Crippen LogP contribution in [0.4, 0.5) is 5.69 Å². The van der Waals surface area contributed by atoms with Crippen molar-refractivity contribution in [2.75, 3.05) is 0 Å². The summed E-state index contributed by atoms with van der Waals surface area (Å²) >= 11 is 0. The lowest BCUT2D eigenvalue weighted by Gasteiger charge is -2.20. The van der Waals surface area contributed by atoms with E-state index in [1.54, 1.807) is 6.20 Å². The summed E-state index contributed by atoms with van der Waals surface area (Å²) in [4.78, 5) is 12.7. The lowest BCUT2D eigenvalue weighted by Crippen LogP contribution is -2.13. The smallest absolute Gasteiger partial charge is 0.194 e. The van der Waals surface area contributed by atoms with Crippen molar-refractivity contribution in [1.82, 2.24) is 0 Å². The zero-order chi connectivity index (χ0) is 16.4. The lowest BCUT2D eigenvalue weighted by molar-refractivity contribution is 0.103. The van der Waals surface area contributed by atoms with Gasteiger partial charge in [-0.15, -0.1) is 0 Å². The molecule has 1 aliphatic rings. The number of rotatable bonds is 2. The summed E-state index contributed by atoms with van der Waals surface area (Å²) in [5.41, 5.74) is 4.92. The van der Waals surface area contributed by atoms with Gasteiger partial charge in [0.1, 0.15) is 0 Å². The van der Waals surface area contributed by atoms with Crippen molar-refractivity contribution in [2.24, 2.45) is 10.2 Å². The Morgan fingerprint density at radius 3 is 1.71 bits per heavy atom. The average molecular weight is 310 g/mol. The molecule has 0 saturated heterocycles. The predicted octanol–water partition coefficient (Wildman–Crippen LogP) is 5.40. The molecule has 4 rings (SSSR count). The first kappa shape index (κ1) is 14.3. The zero-order valence-electron chi connectivity index (χ0n) is 12.9. The third kappa shape index (κ3) is 2.46. The molecule has 0 bridgehead atoms. The molecule has 3 aromatic rings. The fraction of sp³-hybridized carbons (Fsp3) is 0. The molecule has 3 heteroatoms. The molecule has 3 nitrogen and oxygen atoms in total. The molecule has 0 heterocycles. The Labute approximate surface area is 140 Å². The second kappa shape index (κ2) is 6.05. The van der Waals surface area contributed by atoms with Gasteiger partial charge in [-0.2, -0.15) is 10.2 Å². The van der Waals surface area contributed by atoms with Gasteiger partial charge in [-0.25, -0.2) is 0 Å². The van der Waals surface area contributed by atoms with Gasteiger partial charge in [0.25, 0.3) is 0 Å². The maximum Gasteiger partial charge on any atom is 0.194 e. The molecule has 0 fully saturated rings. The molecule has 114 valence electrons. The number of carbonyl (C=O) groups is 1. The van der Waals surface area contributed by atoms with E-state index in [9.17, 15) is 4.79 Å². The van der Waals surface area contributed by atoms with E-state index in [1.165, 1.54) is 0 Å². The largest absolute Gasteiger partial charge is 0.289 e. The van der Waals surface area contributed by atoms with Crippen LogP contribution in [0.1, 0.15) is 27.0 Å². The molecule has 1 aliphatic carbocycles. The third-order valence-corrected chi connectivity index (χ3v) is 4.04. The van der Waals surface area contributed by atoms with Gasteiger partial charge in [-0.1, -0.05) is 66.7 Å². The first-order chi connectivity index (χ1) is 11.8. The number of ketones is 1. The standard InChI is InChI=1S/C21H14N2O/c24-21-18-12-6-4-10-16(18)20(17-11-5-7-13-19(17)21)14-22-23-15-8-2-1-3-9-15/h1-14H. The summed E-state index contributed by atoms with van der Waals surface area (Å²) in [7, 11) is 0. The molecule has 24 heavy (non-hydrogen) atoms. The molecule has 0 N–H and O–H groups in total. The molecule has 0 radical (unpaired) electrons. The van der Waals surface area contributed by atoms with Crippen molar-refractivity contribution in [3.05, 3.63) is 107 Å². The summed E-state index contributed by atoms with van der Waals surface area (Å²) in [5, 5.41) is 8.47. The van der Waals surface area contributed by atoms with Crippen LogP contribution >= 0.6 is 0 Å². The Balaban J connectivity index is 1.83. The Kier molecular flexibility index (Phi) is 3.60. The van der Waals surface area contributed by atoms with Gasteiger partial charge >= 0.3 is 0 Å². The number of benzene rings is 3. The van der Waals surface area contributed by atoms with Gasteiger partial charge in [0, 0.05) is 16.7 Å². The van der Waals surface area contributed by atoms with Crippen LogP contribution in [-0.2, 0) is 0 Å². The van der Waals surface area contributed by atoms with E-state index < -0.39 is 0 Å². The highest BCUT2D eigenvalue weighted by Gasteiger charge is 2.25. The summed E-state index contributed by atoms with van der Waals surface area (Å²) in [6.07, 6.45) is 1.73. The number of carbonyl (C=O) groups excluding carboxylic acids is 1. The van der Waals surface area contributed by atoms with Gasteiger partial charge < -0.3 is 0 Å². The number of fused-ring (bicyclic) bond motifs is 2. The van der Waals surface area contributed by atoms with Crippen LogP contribution in [0.3, 0.4) is 0 Å². The van der Waals surface area contributed by atoms with Crippen LogP contribution in [-0.4, -0.2) is 5.78 Å². The molecule has 0 aliphatic heterocycles. The van der Waals surface area contributed by atoms with Crippen molar-refractivity contribution < 1.29 is 4.79 Å². The normalized spacial score (nSPS) is 12.8. The number of hydrogen-bond acceptors (Lipinski definition) is 3. The zero-order valence-corrected chi connectivity index (χ0v) is 12.9. The van der Waals surface area contributed by atoms with Crippen molar-refractivity contribution in [3.63, 3.8) is 0 Å². The molecule has 0 atom stereocenters. The van der Waals surface area contributed by atoms with Crippen molar-refractivity contribution >= 4 is 17.0 Å². The topological polar surface area (TPSA) is 41.8 Å². The van der Waals surface area contributed by atoms with Crippen LogP contribution < -0.4 is 0 Å². The fourth-order valence-electron chi connectivity index (χ4n) is 2.91. The molecule has 0 spiro atoms. The lowest BCUT2D eigenvalue weighted by atomic mass is 9.82. The van der Waals surface area contributed by atoms with E-state index in [2.05, 4.69) is 10.2 Å². The Morgan fingerprint density at radius 2 is 1.12 bits per heavy atom.